The van der Waals surface area contributed by atoms with Crippen LogP contribution in [0.3, 0.4) is 0 Å². The van der Waals surface area contributed by atoms with Crippen LogP contribution in [0.15, 0.2) is 48.7 Å². The Labute approximate surface area is 177 Å². The van der Waals surface area contributed by atoms with Crippen LogP contribution in [0.25, 0.3) is 10.4 Å². The van der Waals surface area contributed by atoms with Gasteiger partial charge in [-0.25, -0.2) is 4.79 Å². The van der Waals surface area contributed by atoms with Gasteiger partial charge in [-0.3, -0.25) is 14.7 Å². The van der Waals surface area contributed by atoms with E-state index in [0.717, 1.165) is 10.4 Å². The van der Waals surface area contributed by atoms with Gasteiger partial charge >= 0.3 is 11.9 Å². The van der Waals surface area contributed by atoms with Crippen molar-refractivity contribution in [2.45, 2.75) is 26.4 Å². The molecule has 0 radical (unpaired) electrons. The zero-order chi connectivity index (χ0) is 21.5. The molecule has 1 aromatic carbocycles. The number of H-pyrrole nitrogens is 1. The number of nitrogens with one attached hydrogen (secondary N) is 2. The molecule has 1 amide bonds. The predicted molar refractivity (Wildman–Crippen MR) is 112 cm³/mol. The van der Waals surface area contributed by atoms with E-state index in [9.17, 15) is 14.4 Å². The summed E-state index contributed by atoms with van der Waals surface area (Å²) in [6.07, 6.45) is 0.456. The Morgan fingerprint density at radius 3 is 2.63 bits per heavy atom. The fraction of sp³-hybridized carbons (Fsp3) is 0.238. The summed E-state index contributed by atoms with van der Waals surface area (Å²) in [6, 6.07) is 12.8. The maximum Gasteiger partial charge on any atom is 0.341 e. The predicted octanol–water partition coefficient (Wildman–Crippen LogP) is 3.43. The number of hydrogen-bond donors (Lipinski definition) is 2. The number of nitrogens with zero attached hydrogens (tertiary/aromatic N) is 1. The number of aromatic amines is 1. The lowest BCUT2D eigenvalue weighted by Gasteiger charge is -2.13. The number of esters is 2. The molecule has 0 saturated carbocycles. The lowest BCUT2D eigenvalue weighted by Crippen LogP contribution is -2.30. The van der Waals surface area contributed by atoms with E-state index in [4.69, 9.17) is 9.47 Å². The number of aromatic nitrogens is 2. The highest BCUT2D eigenvalue weighted by Gasteiger charge is 2.24. The molecule has 156 valence electrons. The quantitative estimate of drug-likeness (QED) is 0.533. The highest BCUT2D eigenvalue weighted by Crippen LogP contribution is 2.36. The second-order valence-corrected chi connectivity index (χ2v) is 7.37. The molecule has 0 saturated heterocycles. The van der Waals surface area contributed by atoms with Gasteiger partial charge in [0.2, 0.25) is 0 Å². The molecule has 0 aliphatic heterocycles. The Morgan fingerprint density at radius 2 is 1.97 bits per heavy atom. The lowest BCUT2D eigenvalue weighted by atomic mass is 10.1. The van der Waals surface area contributed by atoms with E-state index in [-0.39, 0.29) is 18.6 Å². The number of amides is 1. The summed E-state index contributed by atoms with van der Waals surface area (Å²) in [5, 5.41) is 9.45. The van der Waals surface area contributed by atoms with Gasteiger partial charge in [-0.2, -0.15) is 5.10 Å². The minimum atomic E-state index is -1.04. The summed E-state index contributed by atoms with van der Waals surface area (Å²) < 4.78 is 10.3. The van der Waals surface area contributed by atoms with Crippen LogP contribution in [-0.2, 0) is 25.5 Å². The molecule has 30 heavy (non-hydrogen) atoms. The number of anilines is 1. The molecular formula is C21H21N3O5S. The largest absolute Gasteiger partial charge is 0.462 e. The van der Waals surface area contributed by atoms with E-state index in [1.165, 1.54) is 24.5 Å². The molecule has 2 N–H and O–H groups in total. The van der Waals surface area contributed by atoms with Crippen LogP contribution in [-0.4, -0.2) is 40.8 Å². The van der Waals surface area contributed by atoms with Gasteiger partial charge in [-0.1, -0.05) is 30.3 Å². The Bertz CT molecular complexity index is 1010. The van der Waals surface area contributed by atoms with Gasteiger partial charge in [-0.05, 0) is 31.5 Å². The summed E-state index contributed by atoms with van der Waals surface area (Å²) in [6.45, 7) is 3.39. The standard InChI is InChI=1S/C21H21N3O5S/c1-3-28-21(27)16-12-17(14-7-5-4-6-8-14)30-20(16)23-19(26)13(2)29-18(25)11-15-9-10-22-24-15/h4-10,12-13H,3,11H2,1-2H3,(H,22,24)(H,23,26)/t13-/m0/s1. The Hall–Kier alpha value is -3.46. The topological polar surface area (TPSA) is 110 Å². The monoisotopic (exact) mass is 427 g/mol. The van der Waals surface area contributed by atoms with Crippen molar-refractivity contribution in [1.29, 1.82) is 0 Å². The number of ether oxygens (including phenoxy) is 2. The molecule has 0 spiro atoms. The molecule has 0 fully saturated rings. The molecule has 8 nitrogen and oxygen atoms in total. The third-order valence-corrected chi connectivity index (χ3v) is 5.19. The van der Waals surface area contributed by atoms with Crippen LogP contribution < -0.4 is 5.32 Å². The van der Waals surface area contributed by atoms with Crippen molar-refractivity contribution in [3.8, 4) is 10.4 Å². The van der Waals surface area contributed by atoms with Crippen LogP contribution in [0.4, 0.5) is 5.00 Å². The van der Waals surface area contributed by atoms with Gasteiger partial charge in [0.1, 0.15) is 5.00 Å². The zero-order valence-corrected chi connectivity index (χ0v) is 17.3. The smallest absolute Gasteiger partial charge is 0.341 e. The van der Waals surface area contributed by atoms with Crippen molar-refractivity contribution in [1.82, 2.24) is 10.2 Å². The molecule has 9 heteroatoms. The first kappa shape index (κ1) is 21.3. The van der Waals surface area contributed by atoms with Crippen LogP contribution in [0.5, 0.6) is 0 Å². The van der Waals surface area contributed by atoms with Gasteiger partial charge < -0.3 is 14.8 Å². The molecule has 2 heterocycles. The number of rotatable bonds is 8. The Kier molecular flexibility index (Phi) is 6.97. The summed E-state index contributed by atoms with van der Waals surface area (Å²) in [4.78, 5) is 37.7. The van der Waals surface area contributed by atoms with Crippen molar-refractivity contribution in [3.63, 3.8) is 0 Å². The highest BCUT2D eigenvalue weighted by atomic mass is 32.1. The molecule has 0 bridgehead atoms. The average Bonchev–Trinajstić information content (AvgIpc) is 3.38. The van der Waals surface area contributed by atoms with Gasteiger partial charge in [0.15, 0.2) is 6.10 Å². The van der Waals surface area contributed by atoms with Crippen LogP contribution >= 0.6 is 11.3 Å². The van der Waals surface area contributed by atoms with Gasteiger partial charge in [-0.15, -0.1) is 11.3 Å². The average molecular weight is 427 g/mol. The van der Waals surface area contributed by atoms with Crippen molar-refractivity contribution in [3.05, 3.63) is 59.9 Å². The van der Waals surface area contributed by atoms with Crippen molar-refractivity contribution >= 4 is 34.2 Å². The van der Waals surface area contributed by atoms with Crippen LogP contribution in [0.2, 0.25) is 0 Å². The lowest BCUT2D eigenvalue weighted by molar-refractivity contribution is -0.152. The number of carbonyl (C=O) groups excluding carboxylic acids is 3. The maximum atomic E-state index is 12.6. The SMILES string of the molecule is CCOC(=O)c1cc(-c2ccccc2)sc1NC(=O)[C@H](C)OC(=O)Cc1ccn[nH]1. The molecule has 3 rings (SSSR count). The summed E-state index contributed by atoms with van der Waals surface area (Å²) in [5.74, 6) is -1.64. The van der Waals surface area contributed by atoms with Crippen LogP contribution in [0, 0.1) is 0 Å². The molecular weight excluding hydrogens is 406 g/mol. The van der Waals surface area contributed by atoms with E-state index in [1.54, 1.807) is 19.1 Å². The fourth-order valence-electron chi connectivity index (χ4n) is 2.63. The number of benzene rings is 1. The van der Waals surface area contributed by atoms with E-state index < -0.39 is 23.9 Å². The van der Waals surface area contributed by atoms with E-state index in [1.807, 2.05) is 30.3 Å². The van der Waals surface area contributed by atoms with Crippen molar-refractivity contribution in [2.24, 2.45) is 0 Å². The minimum Gasteiger partial charge on any atom is -0.462 e. The first-order valence-electron chi connectivity index (χ1n) is 9.33. The van der Waals surface area contributed by atoms with E-state index in [0.29, 0.717) is 10.7 Å². The van der Waals surface area contributed by atoms with Crippen LogP contribution in [0.1, 0.15) is 29.9 Å². The molecule has 0 aliphatic carbocycles. The molecule has 0 unspecified atom stereocenters. The highest BCUT2D eigenvalue weighted by molar-refractivity contribution is 7.20. The normalized spacial score (nSPS) is 11.5. The Morgan fingerprint density at radius 1 is 1.20 bits per heavy atom. The summed E-state index contributed by atoms with van der Waals surface area (Å²) in [7, 11) is 0. The summed E-state index contributed by atoms with van der Waals surface area (Å²) in [5.41, 5.74) is 1.75. The number of carbonyl (C=O) groups is 3. The van der Waals surface area contributed by atoms with E-state index in [2.05, 4.69) is 15.5 Å². The second kappa shape index (κ2) is 9.84. The molecule has 1 atom stereocenters. The first-order valence-corrected chi connectivity index (χ1v) is 10.1. The van der Waals surface area contributed by atoms with Gasteiger partial charge in [0.05, 0.1) is 18.6 Å². The van der Waals surface area contributed by atoms with Crippen molar-refractivity contribution in [2.75, 3.05) is 11.9 Å². The second-order valence-electron chi connectivity index (χ2n) is 6.32. The number of hydrogen-bond acceptors (Lipinski definition) is 7. The van der Waals surface area contributed by atoms with E-state index >= 15 is 0 Å². The molecule has 3 aromatic rings. The first-order chi connectivity index (χ1) is 14.5. The van der Waals surface area contributed by atoms with Crippen molar-refractivity contribution < 1.29 is 23.9 Å². The summed E-state index contributed by atoms with van der Waals surface area (Å²) >= 11 is 1.25. The maximum absolute atomic E-state index is 12.6. The van der Waals surface area contributed by atoms with Gasteiger partial charge in [0.25, 0.3) is 5.91 Å². The minimum absolute atomic E-state index is 0.0249. The molecule has 0 aliphatic rings. The third kappa shape index (κ3) is 5.32. The van der Waals surface area contributed by atoms with Gasteiger partial charge in [0, 0.05) is 16.8 Å². The fourth-order valence-corrected chi connectivity index (χ4v) is 3.69. The molecule has 2 aromatic heterocycles. The Balaban J connectivity index is 1.73. The number of thiophene rings is 1. The third-order valence-electron chi connectivity index (χ3n) is 4.09. The zero-order valence-electron chi connectivity index (χ0n) is 16.5.